The maximum atomic E-state index is 11.9. The molecule has 1 amide bonds. The van der Waals surface area contributed by atoms with Gasteiger partial charge in [0.25, 0.3) is 5.91 Å². The molecule has 20 heavy (non-hydrogen) atoms. The average Bonchev–Trinajstić information content (AvgIpc) is 2.41. The second-order valence-electron chi connectivity index (χ2n) is 4.00. The summed E-state index contributed by atoms with van der Waals surface area (Å²) in [4.78, 5) is 22.6. The number of carbonyl (C=O) groups is 2. The number of aromatic carboxylic acids is 1. The Hall–Kier alpha value is -2.53. The van der Waals surface area contributed by atoms with Crippen LogP contribution in [0, 0.1) is 0 Å². The summed E-state index contributed by atoms with van der Waals surface area (Å²) in [5, 5.41) is 21.5. The number of carboxylic acid groups (broad SMARTS) is 1. The molecular weight excluding hydrogens is 282 g/mol. The highest BCUT2D eigenvalue weighted by Crippen LogP contribution is 2.25. The van der Waals surface area contributed by atoms with Crippen LogP contribution < -0.4 is 5.32 Å². The average molecular weight is 292 g/mol. The minimum atomic E-state index is -1.16. The Morgan fingerprint density at radius 2 is 1.60 bits per heavy atom. The molecule has 0 aliphatic rings. The molecule has 0 bridgehead atoms. The first-order valence-electron chi connectivity index (χ1n) is 5.60. The lowest BCUT2D eigenvalue weighted by Crippen LogP contribution is -2.12. The van der Waals surface area contributed by atoms with Crippen molar-refractivity contribution in [1.29, 1.82) is 0 Å². The van der Waals surface area contributed by atoms with Gasteiger partial charge in [-0.3, -0.25) is 4.79 Å². The second kappa shape index (κ2) is 5.63. The van der Waals surface area contributed by atoms with Gasteiger partial charge in [-0.1, -0.05) is 11.6 Å². The van der Waals surface area contributed by atoms with E-state index in [1.807, 2.05) is 0 Å². The molecule has 2 rings (SSSR count). The van der Waals surface area contributed by atoms with Crippen molar-refractivity contribution in [3.05, 3.63) is 58.6 Å². The van der Waals surface area contributed by atoms with Crippen LogP contribution in [-0.2, 0) is 0 Å². The van der Waals surface area contributed by atoms with E-state index in [0.717, 1.165) is 6.07 Å². The SMILES string of the molecule is O=C(O)c1ccc(NC(=O)c2ccc(Cl)cc2)c(O)c1. The van der Waals surface area contributed by atoms with Crippen molar-refractivity contribution in [3.63, 3.8) is 0 Å². The Morgan fingerprint density at radius 1 is 1.00 bits per heavy atom. The third-order valence-electron chi connectivity index (χ3n) is 2.60. The van der Waals surface area contributed by atoms with E-state index in [4.69, 9.17) is 16.7 Å². The van der Waals surface area contributed by atoms with Crippen LogP contribution in [0.5, 0.6) is 5.75 Å². The van der Waals surface area contributed by atoms with Gasteiger partial charge in [-0.15, -0.1) is 0 Å². The summed E-state index contributed by atoms with van der Waals surface area (Å²) in [7, 11) is 0. The van der Waals surface area contributed by atoms with Crippen LogP contribution in [0.25, 0.3) is 0 Å². The van der Waals surface area contributed by atoms with Crippen molar-refractivity contribution < 1.29 is 19.8 Å². The first kappa shape index (κ1) is 13.9. The number of hydrogen-bond acceptors (Lipinski definition) is 3. The van der Waals surface area contributed by atoms with E-state index in [-0.39, 0.29) is 17.0 Å². The van der Waals surface area contributed by atoms with Crippen LogP contribution in [0.4, 0.5) is 5.69 Å². The molecule has 5 nitrogen and oxygen atoms in total. The van der Waals surface area contributed by atoms with Gasteiger partial charge in [0.15, 0.2) is 0 Å². The molecule has 0 aliphatic carbocycles. The zero-order valence-electron chi connectivity index (χ0n) is 10.1. The van der Waals surface area contributed by atoms with Crippen LogP contribution >= 0.6 is 11.6 Å². The summed E-state index contributed by atoms with van der Waals surface area (Å²) in [6, 6.07) is 9.92. The Bertz CT molecular complexity index is 667. The highest BCUT2D eigenvalue weighted by molar-refractivity contribution is 6.30. The van der Waals surface area contributed by atoms with Crippen molar-refractivity contribution >= 4 is 29.2 Å². The van der Waals surface area contributed by atoms with Crippen LogP contribution in [-0.4, -0.2) is 22.1 Å². The van der Waals surface area contributed by atoms with Gasteiger partial charge >= 0.3 is 5.97 Å². The number of benzene rings is 2. The van der Waals surface area contributed by atoms with Crippen molar-refractivity contribution in [1.82, 2.24) is 0 Å². The summed E-state index contributed by atoms with van der Waals surface area (Å²) in [6.45, 7) is 0. The van der Waals surface area contributed by atoms with Gasteiger partial charge in [0.2, 0.25) is 0 Å². The van der Waals surface area contributed by atoms with Crippen molar-refractivity contribution in [2.45, 2.75) is 0 Å². The predicted octanol–water partition coefficient (Wildman–Crippen LogP) is 3.00. The van der Waals surface area contributed by atoms with Crippen LogP contribution in [0.15, 0.2) is 42.5 Å². The summed E-state index contributed by atoms with van der Waals surface area (Å²) >= 11 is 5.72. The minimum absolute atomic E-state index is 0.0630. The summed E-state index contributed by atoms with van der Waals surface area (Å²) < 4.78 is 0. The molecule has 0 unspecified atom stereocenters. The van der Waals surface area contributed by atoms with E-state index in [1.54, 1.807) is 24.3 Å². The fourth-order valence-corrected chi connectivity index (χ4v) is 1.69. The largest absolute Gasteiger partial charge is 0.506 e. The van der Waals surface area contributed by atoms with E-state index < -0.39 is 11.9 Å². The van der Waals surface area contributed by atoms with E-state index in [0.29, 0.717) is 10.6 Å². The number of phenols is 1. The zero-order valence-corrected chi connectivity index (χ0v) is 10.9. The third kappa shape index (κ3) is 3.07. The van der Waals surface area contributed by atoms with Crippen molar-refractivity contribution in [2.75, 3.05) is 5.32 Å². The van der Waals surface area contributed by atoms with Gasteiger partial charge in [0.05, 0.1) is 11.3 Å². The molecule has 0 radical (unpaired) electrons. The molecule has 0 saturated carbocycles. The van der Waals surface area contributed by atoms with E-state index in [1.165, 1.54) is 12.1 Å². The molecule has 0 heterocycles. The van der Waals surface area contributed by atoms with Gasteiger partial charge < -0.3 is 15.5 Å². The molecule has 6 heteroatoms. The summed E-state index contributed by atoms with van der Waals surface area (Å²) in [6.07, 6.45) is 0. The molecule has 0 spiro atoms. The fraction of sp³-hybridized carbons (Fsp3) is 0. The monoisotopic (exact) mass is 291 g/mol. The quantitative estimate of drug-likeness (QED) is 0.759. The first-order chi connectivity index (χ1) is 9.47. The summed E-state index contributed by atoms with van der Waals surface area (Å²) in [5.41, 5.74) is 0.443. The van der Waals surface area contributed by atoms with Gasteiger partial charge in [0, 0.05) is 10.6 Å². The fourth-order valence-electron chi connectivity index (χ4n) is 1.57. The molecule has 0 fully saturated rings. The number of rotatable bonds is 3. The van der Waals surface area contributed by atoms with Gasteiger partial charge in [-0.2, -0.15) is 0 Å². The number of aromatic hydroxyl groups is 1. The highest BCUT2D eigenvalue weighted by Gasteiger charge is 2.11. The van der Waals surface area contributed by atoms with Crippen molar-refractivity contribution in [2.24, 2.45) is 0 Å². The molecule has 2 aromatic carbocycles. The molecule has 0 aliphatic heterocycles. The number of carbonyl (C=O) groups excluding carboxylic acids is 1. The standard InChI is InChI=1S/C14H10ClNO4/c15-10-4-1-8(2-5-10)13(18)16-11-6-3-9(14(19)20)7-12(11)17/h1-7,17H,(H,16,18)(H,19,20). The number of phenolic OH excluding ortho intramolecular Hbond substituents is 1. The van der Waals surface area contributed by atoms with Gasteiger partial charge in [0.1, 0.15) is 5.75 Å². The molecule has 0 atom stereocenters. The molecule has 0 aromatic heterocycles. The van der Waals surface area contributed by atoms with Crippen molar-refractivity contribution in [3.8, 4) is 5.75 Å². The first-order valence-corrected chi connectivity index (χ1v) is 5.98. The Labute approximate surface area is 119 Å². The van der Waals surface area contributed by atoms with E-state index >= 15 is 0 Å². The zero-order chi connectivity index (χ0) is 14.7. The number of amides is 1. The molecule has 102 valence electrons. The molecule has 3 N–H and O–H groups in total. The number of nitrogens with one attached hydrogen (secondary N) is 1. The lowest BCUT2D eigenvalue weighted by molar-refractivity contribution is 0.0696. The van der Waals surface area contributed by atoms with Crippen LogP contribution in [0.2, 0.25) is 5.02 Å². The number of halogens is 1. The van der Waals surface area contributed by atoms with E-state index in [9.17, 15) is 14.7 Å². The minimum Gasteiger partial charge on any atom is -0.506 e. The predicted molar refractivity (Wildman–Crippen MR) is 74.5 cm³/mol. The maximum absolute atomic E-state index is 11.9. The number of anilines is 1. The van der Waals surface area contributed by atoms with Crippen LogP contribution in [0.3, 0.4) is 0 Å². The second-order valence-corrected chi connectivity index (χ2v) is 4.43. The Kier molecular flexibility index (Phi) is 3.91. The Balaban J connectivity index is 2.19. The van der Waals surface area contributed by atoms with Gasteiger partial charge in [-0.25, -0.2) is 4.79 Å². The summed E-state index contributed by atoms with van der Waals surface area (Å²) in [5.74, 6) is -1.90. The lowest BCUT2D eigenvalue weighted by atomic mass is 10.1. The molecule has 0 saturated heterocycles. The van der Waals surface area contributed by atoms with E-state index in [2.05, 4.69) is 5.32 Å². The third-order valence-corrected chi connectivity index (χ3v) is 2.85. The lowest BCUT2D eigenvalue weighted by Gasteiger charge is -2.08. The smallest absolute Gasteiger partial charge is 0.335 e. The molecular formula is C14H10ClNO4. The molecule has 2 aromatic rings. The topological polar surface area (TPSA) is 86.6 Å². The normalized spacial score (nSPS) is 10.1. The van der Waals surface area contributed by atoms with Gasteiger partial charge in [-0.05, 0) is 42.5 Å². The Morgan fingerprint density at radius 3 is 2.15 bits per heavy atom. The maximum Gasteiger partial charge on any atom is 0.335 e. The number of carboxylic acids is 1. The van der Waals surface area contributed by atoms with Crippen LogP contribution in [0.1, 0.15) is 20.7 Å². The highest BCUT2D eigenvalue weighted by atomic mass is 35.5. The number of hydrogen-bond donors (Lipinski definition) is 3.